The zero-order chi connectivity index (χ0) is 21.5. The maximum absolute atomic E-state index is 12.3. The van der Waals surface area contributed by atoms with Crippen LogP contribution in [-0.4, -0.2) is 47.1 Å². The minimum absolute atomic E-state index is 0.0119. The summed E-state index contributed by atoms with van der Waals surface area (Å²) in [6, 6.07) is 8.78. The quantitative estimate of drug-likeness (QED) is 0.631. The molecule has 1 aromatic carbocycles. The van der Waals surface area contributed by atoms with Gasteiger partial charge in [0.25, 0.3) is 5.91 Å². The lowest BCUT2D eigenvalue weighted by molar-refractivity contribution is -0.120. The Labute approximate surface area is 180 Å². The summed E-state index contributed by atoms with van der Waals surface area (Å²) in [6.45, 7) is 4.33. The molecule has 8 nitrogen and oxygen atoms in total. The predicted molar refractivity (Wildman–Crippen MR) is 113 cm³/mol. The molecule has 0 saturated heterocycles. The Bertz CT molecular complexity index is 875. The van der Waals surface area contributed by atoms with Crippen molar-refractivity contribution in [1.82, 2.24) is 15.3 Å². The van der Waals surface area contributed by atoms with Gasteiger partial charge in [0.05, 0.1) is 19.3 Å². The lowest BCUT2D eigenvalue weighted by Gasteiger charge is -2.35. The topological polar surface area (TPSA) is 102 Å². The normalized spacial score (nSPS) is 18.8. The molecule has 2 N–H and O–H groups in total. The van der Waals surface area contributed by atoms with Crippen molar-refractivity contribution in [2.75, 3.05) is 18.5 Å². The molecule has 160 valence electrons. The number of aromatic nitrogens is 2. The fourth-order valence-corrected chi connectivity index (χ4v) is 3.32. The van der Waals surface area contributed by atoms with E-state index in [9.17, 15) is 9.59 Å². The van der Waals surface area contributed by atoms with E-state index in [4.69, 9.17) is 21.1 Å². The van der Waals surface area contributed by atoms with Crippen LogP contribution in [0.2, 0.25) is 5.02 Å². The first-order valence-electron chi connectivity index (χ1n) is 9.80. The summed E-state index contributed by atoms with van der Waals surface area (Å²) < 4.78 is 11.5. The van der Waals surface area contributed by atoms with Gasteiger partial charge in [-0.05, 0) is 37.8 Å². The second-order valence-electron chi connectivity index (χ2n) is 7.37. The number of nitrogens with one attached hydrogen (secondary N) is 2. The van der Waals surface area contributed by atoms with Crippen molar-refractivity contribution in [2.24, 2.45) is 5.92 Å². The molecule has 9 heteroatoms. The van der Waals surface area contributed by atoms with Crippen LogP contribution >= 0.6 is 11.6 Å². The number of hydrogen-bond donors (Lipinski definition) is 2. The maximum atomic E-state index is 12.3. The molecule has 0 bridgehead atoms. The van der Waals surface area contributed by atoms with Crippen molar-refractivity contribution in [3.63, 3.8) is 0 Å². The van der Waals surface area contributed by atoms with Crippen LogP contribution in [0.4, 0.5) is 5.82 Å². The number of anilines is 1. The van der Waals surface area contributed by atoms with Crippen LogP contribution in [0.5, 0.6) is 5.88 Å². The molecule has 0 radical (unpaired) electrons. The Kier molecular flexibility index (Phi) is 7.59. The molecule has 0 aliphatic heterocycles. The first-order valence-corrected chi connectivity index (χ1v) is 10.2. The largest absolute Gasteiger partial charge is 0.476 e. The average Bonchev–Trinajstić information content (AvgIpc) is 2.69. The van der Waals surface area contributed by atoms with Crippen LogP contribution in [0, 0.1) is 5.92 Å². The number of rotatable bonds is 9. The average molecular weight is 433 g/mol. The molecule has 30 heavy (non-hydrogen) atoms. The lowest BCUT2D eigenvalue weighted by atomic mass is 9.83. The summed E-state index contributed by atoms with van der Waals surface area (Å²) in [5, 5.41) is 5.64. The number of benzene rings is 1. The third-order valence-electron chi connectivity index (χ3n) is 4.71. The number of ether oxygens (including phenoxy) is 2. The van der Waals surface area contributed by atoms with Gasteiger partial charge >= 0.3 is 0 Å². The Morgan fingerprint density at radius 1 is 1.23 bits per heavy atom. The van der Waals surface area contributed by atoms with Gasteiger partial charge in [-0.25, -0.2) is 9.97 Å². The zero-order valence-electron chi connectivity index (χ0n) is 16.9. The zero-order valence-corrected chi connectivity index (χ0v) is 17.7. The van der Waals surface area contributed by atoms with E-state index in [-0.39, 0.29) is 40.7 Å². The summed E-state index contributed by atoms with van der Waals surface area (Å²) in [6.07, 6.45) is 3.20. The van der Waals surface area contributed by atoms with Crippen LogP contribution < -0.4 is 15.4 Å². The summed E-state index contributed by atoms with van der Waals surface area (Å²) in [5.41, 5.74) is 0.503. The highest BCUT2D eigenvalue weighted by Gasteiger charge is 2.31. The third-order valence-corrected chi connectivity index (χ3v) is 5.05. The fourth-order valence-electron chi connectivity index (χ4n) is 3.12. The molecule has 1 saturated carbocycles. The molecule has 2 aromatic rings. The molecule has 1 aliphatic carbocycles. The summed E-state index contributed by atoms with van der Waals surface area (Å²) in [5.74, 6) is 0.400. The summed E-state index contributed by atoms with van der Waals surface area (Å²) in [7, 11) is 0. The summed E-state index contributed by atoms with van der Waals surface area (Å²) >= 11 is 6.32. The standard InChI is InChI=1S/C21H25ClN4O4/c1-13(25-14(2)27)10-29-17-8-15(9-17)11-30-21-18(22)19(23-12-24-21)26-20(28)16-6-4-3-5-7-16/h3-7,12-13,15,17H,8-11H2,1-2H3,(H,25,27)(H,23,24,26,28)/t13-,15?,17?/m0/s1. The van der Waals surface area contributed by atoms with Crippen LogP contribution in [0.25, 0.3) is 0 Å². The number of carbonyl (C=O) groups is 2. The second kappa shape index (κ2) is 10.4. The Hall–Kier alpha value is -2.71. The molecule has 1 heterocycles. The highest BCUT2D eigenvalue weighted by Crippen LogP contribution is 2.33. The Morgan fingerprint density at radius 2 is 1.97 bits per heavy atom. The van der Waals surface area contributed by atoms with E-state index in [0.29, 0.717) is 24.7 Å². The van der Waals surface area contributed by atoms with Gasteiger partial charge in [0.15, 0.2) is 5.82 Å². The van der Waals surface area contributed by atoms with Gasteiger partial charge in [-0.3, -0.25) is 9.59 Å². The van der Waals surface area contributed by atoms with Gasteiger partial charge < -0.3 is 20.1 Å². The van der Waals surface area contributed by atoms with Crippen molar-refractivity contribution in [3.05, 3.63) is 47.2 Å². The Balaban J connectivity index is 1.44. The maximum Gasteiger partial charge on any atom is 0.256 e. The minimum atomic E-state index is -0.311. The molecule has 3 rings (SSSR count). The van der Waals surface area contributed by atoms with Gasteiger partial charge in [0.1, 0.15) is 11.3 Å². The predicted octanol–water partition coefficient (Wildman–Crippen LogP) is 3.08. The van der Waals surface area contributed by atoms with Gasteiger partial charge in [-0.15, -0.1) is 0 Å². The SMILES string of the molecule is CC(=O)N[C@@H](C)COC1CC(COc2ncnc(NC(=O)c3ccccc3)c2Cl)C1. The smallest absolute Gasteiger partial charge is 0.256 e. The van der Waals surface area contributed by atoms with E-state index in [1.165, 1.54) is 13.3 Å². The van der Waals surface area contributed by atoms with Crippen LogP contribution in [-0.2, 0) is 9.53 Å². The number of carbonyl (C=O) groups excluding carboxylic acids is 2. The molecule has 1 fully saturated rings. The Morgan fingerprint density at radius 3 is 2.67 bits per heavy atom. The monoisotopic (exact) mass is 432 g/mol. The van der Waals surface area contributed by atoms with Crippen molar-refractivity contribution in [2.45, 2.75) is 38.8 Å². The molecule has 1 atom stereocenters. The van der Waals surface area contributed by atoms with Crippen molar-refractivity contribution < 1.29 is 19.1 Å². The molecular formula is C21H25ClN4O4. The fraction of sp³-hybridized carbons (Fsp3) is 0.429. The first kappa shape index (κ1) is 22.0. The molecule has 1 aliphatic rings. The lowest BCUT2D eigenvalue weighted by Crippen LogP contribution is -2.40. The number of amides is 2. The highest BCUT2D eigenvalue weighted by atomic mass is 35.5. The van der Waals surface area contributed by atoms with Gasteiger partial charge in [-0.2, -0.15) is 0 Å². The molecule has 0 unspecified atom stereocenters. The van der Waals surface area contributed by atoms with E-state index >= 15 is 0 Å². The van der Waals surface area contributed by atoms with Gasteiger partial charge in [0, 0.05) is 18.5 Å². The van der Waals surface area contributed by atoms with E-state index in [1.54, 1.807) is 24.3 Å². The van der Waals surface area contributed by atoms with Crippen LogP contribution in [0.3, 0.4) is 0 Å². The first-order chi connectivity index (χ1) is 14.4. The van der Waals surface area contributed by atoms with Crippen molar-refractivity contribution in [3.8, 4) is 5.88 Å². The number of nitrogens with zero attached hydrogens (tertiary/aromatic N) is 2. The van der Waals surface area contributed by atoms with Crippen LogP contribution in [0.15, 0.2) is 36.7 Å². The van der Waals surface area contributed by atoms with Crippen molar-refractivity contribution >= 4 is 29.2 Å². The second-order valence-corrected chi connectivity index (χ2v) is 7.74. The third kappa shape index (κ3) is 6.14. The van der Waals surface area contributed by atoms with Crippen molar-refractivity contribution in [1.29, 1.82) is 0 Å². The number of hydrogen-bond acceptors (Lipinski definition) is 6. The molecule has 1 aromatic heterocycles. The van der Waals surface area contributed by atoms with Gasteiger partial charge in [0.2, 0.25) is 11.8 Å². The molecular weight excluding hydrogens is 408 g/mol. The van der Waals surface area contributed by atoms with Gasteiger partial charge in [-0.1, -0.05) is 29.8 Å². The number of halogens is 1. The minimum Gasteiger partial charge on any atom is -0.476 e. The van der Waals surface area contributed by atoms with E-state index < -0.39 is 0 Å². The van der Waals surface area contributed by atoms with E-state index in [0.717, 1.165) is 12.8 Å². The van der Waals surface area contributed by atoms with Crippen LogP contribution in [0.1, 0.15) is 37.0 Å². The van der Waals surface area contributed by atoms with E-state index in [2.05, 4.69) is 20.6 Å². The molecule has 0 spiro atoms. The van der Waals surface area contributed by atoms with E-state index in [1.807, 2.05) is 13.0 Å². The molecule has 2 amide bonds. The highest BCUT2D eigenvalue weighted by molar-refractivity contribution is 6.34. The summed E-state index contributed by atoms with van der Waals surface area (Å²) in [4.78, 5) is 31.4.